The summed E-state index contributed by atoms with van der Waals surface area (Å²) in [5, 5.41) is 0. The molecule has 0 aromatic rings. The molecule has 1 fully saturated rings. The lowest BCUT2D eigenvalue weighted by Crippen LogP contribution is -2.29. The van der Waals surface area contributed by atoms with Crippen molar-refractivity contribution in [3.8, 4) is 0 Å². The van der Waals surface area contributed by atoms with Crippen LogP contribution in [0.5, 0.6) is 0 Å². The Bertz CT molecular complexity index is 162. The molecule has 0 spiro atoms. The fourth-order valence-electron chi connectivity index (χ4n) is 1.98. The Kier molecular flexibility index (Phi) is 4.51. The summed E-state index contributed by atoms with van der Waals surface area (Å²) >= 11 is 0. The first-order valence-corrected chi connectivity index (χ1v) is 5.57. The van der Waals surface area contributed by atoms with Crippen molar-refractivity contribution < 1.29 is 0 Å². The van der Waals surface area contributed by atoms with E-state index in [-0.39, 0.29) is 0 Å². The van der Waals surface area contributed by atoms with Crippen LogP contribution in [-0.4, -0.2) is 24.0 Å². The number of hydrogen-bond acceptors (Lipinski definition) is 1. The average Bonchev–Trinajstić information content (AvgIpc) is 2.55. The van der Waals surface area contributed by atoms with E-state index in [1.165, 1.54) is 44.3 Å². The lowest BCUT2D eigenvalue weighted by atomic mass is 10.1. The third kappa shape index (κ3) is 3.95. The molecule has 1 heteroatoms. The Morgan fingerprint density at radius 3 is 2.46 bits per heavy atom. The van der Waals surface area contributed by atoms with E-state index in [1.807, 2.05) is 0 Å². The van der Waals surface area contributed by atoms with Crippen LogP contribution in [0, 0.1) is 0 Å². The molecule has 1 aliphatic heterocycles. The molecule has 1 unspecified atom stereocenters. The molecule has 1 atom stereocenters. The van der Waals surface area contributed by atoms with Gasteiger partial charge in [-0.2, -0.15) is 0 Å². The van der Waals surface area contributed by atoms with Crippen LogP contribution in [0.2, 0.25) is 0 Å². The van der Waals surface area contributed by atoms with Gasteiger partial charge in [-0.15, -0.1) is 0 Å². The van der Waals surface area contributed by atoms with E-state index in [9.17, 15) is 0 Å². The predicted molar refractivity (Wildman–Crippen MR) is 58.9 cm³/mol. The summed E-state index contributed by atoms with van der Waals surface area (Å²) in [6, 6.07) is 0.790. The maximum absolute atomic E-state index is 2.62. The molecule has 1 heterocycles. The van der Waals surface area contributed by atoms with Crippen LogP contribution in [0.3, 0.4) is 0 Å². The minimum atomic E-state index is 0.790. The van der Waals surface area contributed by atoms with Gasteiger partial charge in [0.15, 0.2) is 0 Å². The molecule has 0 N–H and O–H groups in total. The van der Waals surface area contributed by atoms with Gasteiger partial charge in [-0.1, -0.05) is 11.6 Å². The zero-order valence-corrected chi connectivity index (χ0v) is 9.34. The highest BCUT2D eigenvalue weighted by molar-refractivity contribution is 4.93. The van der Waals surface area contributed by atoms with Gasteiger partial charge in [0.05, 0.1) is 0 Å². The first-order valence-electron chi connectivity index (χ1n) is 5.57. The zero-order chi connectivity index (χ0) is 9.68. The Balaban J connectivity index is 2.16. The van der Waals surface area contributed by atoms with Gasteiger partial charge in [-0.05, 0) is 59.5 Å². The lowest BCUT2D eigenvalue weighted by Gasteiger charge is -2.22. The van der Waals surface area contributed by atoms with Gasteiger partial charge in [-0.3, -0.25) is 0 Å². The maximum atomic E-state index is 2.62. The summed E-state index contributed by atoms with van der Waals surface area (Å²) in [5.74, 6) is 0. The molecular weight excluding hydrogens is 158 g/mol. The quantitative estimate of drug-likeness (QED) is 0.602. The van der Waals surface area contributed by atoms with Crippen molar-refractivity contribution in [2.45, 2.75) is 52.5 Å². The van der Waals surface area contributed by atoms with Crippen molar-refractivity contribution in [2.24, 2.45) is 0 Å². The fourth-order valence-corrected chi connectivity index (χ4v) is 1.98. The number of likely N-dealkylation sites (tertiary alicyclic amines) is 1. The number of nitrogens with zero attached hydrogens (tertiary/aromatic N) is 1. The highest BCUT2D eigenvalue weighted by Crippen LogP contribution is 2.15. The van der Waals surface area contributed by atoms with Crippen LogP contribution in [0.1, 0.15) is 46.5 Å². The Hall–Kier alpha value is -0.300. The zero-order valence-electron chi connectivity index (χ0n) is 9.34. The largest absolute Gasteiger partial charge is 0.301 e. The topological polar surface area (TPSA) is 3.24 Å². The first kappa shape index (κ1) is 10.8. The Labute approximate surface area is 82.8 Å². The Morgan fingerprint density at radius 1 is 1.31 bits per heavy atom. The van der Waals surface area contributed by atoms with Crippen molar-refractivity contribution in [1.82, 2.24) is 4.90 Å². The van der Waals surface area contributed by atoms with Crippen LogP contribution >= 0.6 is 0 Å². The molecule has 1 nitrogen and oxygen atoms in total. The second-order valence-corrected chi connectivity index (χ2v) is 4.45. The smallest absolute Gasteiger partial charge is 0.00698 e. The van der Waals surface area contributed by atoms with Crippen molar-refractivity contribution in [1.29, 1.82) is 0 Å². The second-order valence-electron chi connectivity index (χ2n) is 4.45. The van der Waals surface area contributed by atoms with E-state index in [4.69, 9.17) is 0 Å². The molecular formula is C12H23N. The molecule has 0 saturated carbocycles. The summed E-state index contributed by atoms with van der Waals surface area (Å²) in [5.41, 5.74) is 1.45. The highest BCUT2D eigenvalue weighted by Gasteiger charge is 2.16. The minimum Gasteiger partial charge on any atom is -0.301 e. The molecule has 1 saturated heterocycles. The first-order chi connectivity index (χ1) is 6.20. The van der Waals surface area contributed by atoms with Crippen LogP contribution in [0.25, 0.3) is 0 Å². The molecule has 13 heavy (non-hydrogen) atoms. The van der Waals surface area contributed by atoms with E-state index in [0.717, 1.165) is 6.04 Å². The molecule has 0 bridgehead atoms. The van der Waals surface area contributed by atoms with Gasteiger partial charge < -0.3 is 4.90 Å². The number of allylic oxidation sites excluding steroid dienone is 2. The minimum absolute atomic E-state index is 0.790. The standard InChI is InChI=1S/C12H23N/c1-11(2)7-6-8-12(3)13-9-4-5-10-13/h7,12H,4-6,8-10H2,1-3H3. The maximum Gasteiger partial charge on any atom is 0.00698 e. The van der Waals surface area contributed by atoms with E-state index in [1.54, 1.807) is 0 Å². The van der Waals surface area contributed by atoms with Crippen LogP contribution < -0.4 is 0 Å². The van der Waals surface area contributed by atoms with Crippen LogP contribution in [-0.2, 0) is 0 Å². The predicted octanol–water partition coefficient (Wildman–Crippen LogP) is 3.22. The van der Waals surface area contributed by atoms with Gasteiger partial charge >= 0.3 is 0 Å². The van der Waals surface area contributed by atoms with Crippen LogP contribution in [0.15, 0.2) is 11.6 Å². The lowest BCUT2D eigenvalue weighted by molar-refractivity contribution is 0.248. The molecule has 76 valence electrons. The molecule has 1 rings (SSSR count). The molecule has 0 amide bonds. The summed E-state index contributed by atoms with van der Waals surface area (Å²) in [6.07, 6.45) is 7.75. The molecule has 0 aliphatic carbocycles. The van der Waals surface area contributed by atoms with E-state index < -0.39 is 0 Å². The van der Waals surface area contributed by atoms with Gasteiger partial charge in [0.2, 0.25) is 0 Å². The summed E-state index contributed by atoms with van der Waals surface area (Å²) in [4.78, 5) is 2.62. The monoisotopic (exact) mass is 181 g/mol. The third-order valence-electron chi connectivity index (χ3n) is 2.90. The molecule has 1 aliphatic rings. The Morgan fingerprint density at radius 2 is 1.92 bits per heavy atom. The molecule has 0 aromatic heterocycles. The van der Waals surface area contributed by atoms with E-state index >= 15 is 0 Å². The second kappa shape index (κ2) is 5.43. The summed E-state index contributed by atoms with van der Waals surface area (Å²) in [6.45, 7) is 9.39. The SMILES string of the molecule is CC(C)=CCCC(C)N1CCCC1. The van der Waals surface area contributed by atoms with E-state index in [2.05, 4.69) is 31.7 Å². The van der Waals surface area contributed by atoms with Crippen molar-refractivity contribution >= 4 is 0 Å². The van der Waals surface area contributed by atoms with Gasteiger partial charge in [-0.25, -0.2) is 0 Å². The summed E-state index contributed by atoms with van der Waals surface area (Å²) in [7, 11) is 0. The fraction of sp³-hybridized carbons (Fsp3) is 0.833. The molecule has 0 aromatic carbocycles. The van der Waals surface area contributed by atoms with Gasteiger partial charge in [0.1, 0.15) is 0 Å². The molecule has 0 radical (unpaired) electrons. The average molecular weight is 181 g/mol. The number of rotatable bonds is 4. The number of hydrogen-bond donors (Lipinski definition) is 0. The third-order valence-corrected chi connectivity index (χ3v) is 2.90. The van der Waals surface area contributed by atoms with Crippen molar-refractivity contribution in [2.75, 3.05) is 13.1 Å². The highest BCUT2D eigenvalue weighted by atomic mass is 15.2. The normalized spacial score (nSPS) is 20.2. The van der Waals surface area contributed by atoms with Crippen molar-refractivity contribution in [3.05, 3.63) is 11.6 Å². The van der Waals surface area contributed by atoms with Crippen LogP contribution in [0.4, 0.5) is 0 Å². The summed E-state index contributed by atoms with van der Waals surface area (Å²) < 4.78 is 0. The van der Waals surface area contributed by atoms with E-state index in [0.29, 0.717) is 0 Å². The van der Waals surface area contributed by atoms with Crippen molar-refractivity contribution in [3.63, 3.8) is 0 Å². The van der Waals surface area contributed by atoms with Gasteiger partial charge in [0.25, 0.3) is 0 Å². The van der Waals surface area contributed by atoms with Gasteiger partial charge in [0, 0.05) is 6.04 Å².